The standard InChI is InChI=1S/C22H20N4O3/c1-28-19-13-17(10-11-18(19)29-15-16-7-3-2-4-8-16)22(27)23-14-21-25-24-20-9-5-6-12-26(20)21/h2-13H,14-15H2,1H3,(H,23,27). The van der Waals surface area contributed by atoms with Crippen molar-refractivity contribution in [2.24, 2.45) is 0 Å². The van der Waals surface area contributed by atoms with Crippen molar-refractivity contribution in [3.63, 3.8) is 0 Å². The van der Waals surface area contributed by atoms with Crippen LogP contribution in [-0.2, 0) is 13.2 Å². The van der Waals surface area contributed by atoms with Gasteiger partial charge in [-0.25, -0.2) is 0 Å². The second kappa shape index (κ2) is 8.43. The van der Waals surface area contributed by atoms with Crippen LogP contribution in [0, 0.1) is 0 Å². The van der Waals surface area contributed by atoms with E-state index in [1.807, 2.05) is 59.1 Å². The number of benzene rings is 2. The number of nitrogens with one attached hydrogen (secondary N) is 1. The zero-order chi connectivity index (χ0) is 20.1. The summed E-state index contributed by atoms with van der Waals surface area (Å²) in [6, 6.07) is 20.6. The summed E-state index contributed by atoms with van der Waals surface area (Å²) in [4.78, 5) is 12.6. The summed E-state index contributed by atoms with van der Waals surface area (Å²) in [5.41, 5.74) is 2.26. The zero-order valence-corrected chi connectivity index (χ0v) is 15.9. The molecule has 0 fully saturated rings. The Labute approximate surface area is 167 Å². The summed E-state index contributed by atoms with van der Waals surface area (Å²) in [5.74, 6) is 1.51. The molecule has 0 radical (unpaired) electrons. The third-order valence-corrected chi connectivity index (χ3v) is 4.45. The highest BCUT2D eigenvalue weighted by molar-refractivity contribution is 5.94. The van der Waals surface area contributed by atoms with Gasteiger partial charge in [0.1, 0.15) is 6.61 Å². The molecule has 4 aromatic rings. The van der Waals surface area contributed by atoms with Gasteiger partial charge >= 0.3 is 0 Å². The topological polar surface area (TPSA) is 77.8 Å². The van der Waals surface area contributed by atoms with Gasteiger partial charge < -0.3 is 14.8 Å². The number of pyridine rings is 1. The number of carbonyl (C=O) groups excluding carboxylic acids is 1. The van der Waals surface area contributed by atoms with Crippen LogP contribution in [0.25, 0.3) is 5.65 Å². The molecule has 0 aliphatic heterocycles. The van der Waals surface area contributed by atoms with E-state index in [9.17, 15) is 4.79 Å². The first-order chi connectivity index (χ1) is 14.2. The number of rotatable bonds is 7. The van der Waals surface area contributed by atoms with Crippen molar-refractivity contribution >= 4 is 11.6 Å². The van der Waals surface area contributed by atoms with Gasteiger partial charge in [0.05, 0.1) is 13.7 Å². The summed E-state index contributed by atoms with van der Waals surface area (Å²) >= 11 is 0. The molecule has 0 saturated heterocycles. The largest absolute Gasteiger partial charge is 0.493 e. The average molecular weight is 388 g/mol. The minimum Gasteiger partial charge on any atom is -0.493 e. The Hall–Kier alpha value is -3.87. The number of fused-ring (bicyclic) bond motifs is 1. The van der Waals surface area contributed by atoms with E-state index in [0.717, 1.165) is 11.2 Å². The molecular formula is C22H20N4O3. The molecule has 0 aliphatic rings. The van der Waals surface area contributed by atoms with Crippen LogP contribution in [0.5, 0.6) is 11.5 Å². The fourth-order valence-corrected chi connectivity index (χ4v) is 2.94. The van der Waals surface area contributed by atoms with Gasteiger partial charge in [-0.3, -0.25) is 9.20 Å². The van der Waals surface area contributed by atoms with Gasteiger partial charge in [0.25, 0.3) is 5.91 Å². The molecule has 2 heterocycles. The number of amides is 1. The molecule has 29 heavy (non-hydrogen) atoms. The average Bonchev–Trinajstić information content (AvgIpc) is 3.19. The lowest BCUT2D eigenvalue weighted by Gasteiger charge is -2.12. The molecule has 1 N–H and O–H groups in total. The van der Waals surface area contributed by atoms with Gasteiger partial charge in [0.2, 0.25) is 0 Å². The van der Waals surface area contributed by atoms with E-state index in [4.69, 9.17) is 9.47 Å². The van der Waals surface area contributed by atoms with E-state index in [-0.39, 0.29) is 12.5 Å². The molecule has 2 aromatic carbocycles. The monoisotopic (exact) mass is 388 g/mol. The molecule has 146 valence electrons. The molecule has 0 saturated carbocycles. The molecule has 0 atom stereocenters. The van der Waals surface area contributed by atoms with Crippen molar-refractivity contribution in [2.45, 2.75) is 13.2 Å². The molecule has 0 unspecified atom stereocenters. The predicted molar refractivity (Wildman–Crippen MR) is 108 cm³/mol. The van der Waals surface area contributed by atoms with Crippen molar-refractivity contribution in [1.82, 2.24) is 19.9 Å². The SMILES string of the molecule is COc1cc(C(=O)NCc2nnc3ccccn23)ccc1OCc1ccccc1. The van der Waals surface area contributed by atoms with Crippen molar-refractivity contribution in [3.8, 4) is 11.5 Å². The Balaban J connectivity index is 1.43. The number of methoxy groups -OCH3 is 1. The van der Waals surface area contributed by atoms with Crippen molar-refractivity contribution < 1.29 is 14.3 Å². The van der Waals surface area contributed by atoms with Crippen LogP contribution in [0.1, 0.15) is 21.7 Å². The lowest BCUT2D eigenvalue weighted by Crippen LogP contribution is -2.24. The van der Waals surface area contributed by atoms with E-state index in [1.54, 1.807) is 25.3 Å². The normalized spacial score (nSPS) is 10.7. The van der Waals surface area contributed by atoms with Crippen LogP contribution in [-0.4, -0.2) is 27.6 Å². The minimum absolute atomic E-state index is 0.231. The second-order valence-electron chi connectivity index (χ2n) is 6.37. The number of ether oxygens (including phenoxy) is 2. The fourth-order valence-electron chi connectivity index (χ4n) is 2.94. The Morgan fingerprint density at radius 3 is 2.66 bits per heavy atom. The Kier molecular flexibility index (Phi) is 5.38. The smallest absolute Gasteiger partial charge is 0.251 e. The summed E-state index contributed by atoms with van der Waals surface area (Å²) < 4.78 is 13.1. The van der Waals surface area contributed by atoms with Gasteiger partial charge in [0.15, 0.2) is 23.0 Å². The van der Waals surface area contributed by atoms with Gasteiger partial charge in [-0.1, -0.05) is 36.4 Å². The van der Waals surface area contributed by atoms with Crippen LogP contribution >= 0.6 is 0 Å². The fraction of sp³-hybridized carbons (Fsp3) is 0.136. The van der Waals surface area contributed by atoms with Crippen LogP contribution in [0.2, 0.25) is 0 Å². The lowest BCUT2D eigenvalue weighted by atomic mass is 10.2. The second-order valence-corrected chi connectivity index (χ2v) is 6.37. The van der Waals surface area contributed by atoms with E-state index in [2.05, 4.69) is 15.5 Å². The van der Waals surface area contributed by atoms with Crippen molar-refractivity contribution in [2.75, 3.05) is 7.11 Å². The quantitative estimate of drug-likeness (QED) is 0.526. The molecule has 7 nitrogen and oxygen atoms in total. The molecule has 0 spiro atoms. The molecule has 1 amide bonds. The highest BCUT2D eigenvalue weighted by atomic mass is 16.5. The van der Waals surface area contributed by atoms with Crippen LogP contribution in [0.4, 0.5) is 0 Å². The highest BCUT2D eigenvalue weighted by Crippen LogP contribution is 2.29. The molecule has 2 aromatic heterocycles. The Morgan fingerprint density at radius 1 is 1.00 bits per heavy atom. The number of nitrogens with zero attached hydrogens (tertiary/aromatic N) is 3. The summed E-state index contributed by atoms with van der Waals surface area (Å²) in [6.45, 7) is 0.682. The van der Waals surface area contributed by atoms with Gasteiger partial charge in [-0.05, 0) is 35.9 Å². The first-order valence-electron chi connectivity index (χ1n) is 9.16. The van der Waals surface area contributed by atoms with Crippen LogP contribution in [0.15, 0.2) is 72.9 Å². The van der Waals surface area contributed by atoms with Crippen LogP contribution < -0.4 is 14.8 Å². The summed E-state index contributed by atoms with van der Waals surface area (Å²) in [5, 5.41) is 11.1. The molecule has 0 bridgehead atoms. The van der Waals surface area contributed by atoms with Gasteiger partial charge in [0, 0.05) is 11.8 Å². The van der Waals surface area contributed by atoms with Crippen LogP contribution in [0.3, 0.4) is 0 Å². The number of carbonyl (C=O) groups is 1. The van der Waals surface area contributed by atoms with E-state index >= 15 is 0 Å². The van der Waals surface area contributed by atoms with Crippen molar-refractivity contribution in [1.29, 1.82) is 0 Å². The summed E-state index contributed by atoms with van der Waals surface area (Å²) in [7, 11) is 1.55. The van der Waals surface area contributed by atoms with E-state index in [1.165, 1.54) is 0 Å². The number of aromatic nitrogens is 3. The number of hydrogen-bond acceptors (Lipinski definition) is 5. The van der Waals surface area contributed by atoms with Gasteiger partial charge in [-0.2, -0.15) is 0 Å². The highest BCUT2D eigenvalue weighted by Gasteiger charge is 2.13. The third kappa shape index (κ3) is 4.19. The molecule has 0 aliphatic carbocycles. The molecular weight excluding hydrogens is 368 g/mol. The zero-order valence-electron chi connectivity index (χ0n) is 15.9. The van der Waals surface area contributed by atoms with Gasteiger partial charge in [-0.15, -0.1) is 10.2 Å². The van der Waals surface area contributed by atoms with E-state index in [0.29, 0.717) is 29.5 Å². The molecule has 4 rings (SSSR count). The first kappa shape index (κ1) is 18.5. The third-order valence-electron chi connectivity index (χ3n) is 4.45. The first-order valence-corrected chi connectivity index (χ1v) is 9.16. The van der Waals surface area contributed by atoms with E-state index < -0.39 is 0 Å². The lowest BCUT2D eigenvalue weighted by molar-refractivity contribution is 0.0949. The molecule has 7 heteroatoms. The minimum atomic E-state index is -0.231. The van der Waals surface area contributed by atoms with Crippen molar-refractivity contribution in [3.05, 3.63) is 89.9 Å². The Morgan fingerprint density at radius 2 is 1.83 bits per heavy atom. The maximum absolute atomic E-state index is 12.6. The Bertz CT molecular complexity index is 1130. The number of hydrogen-bond donors (Lipinski definition) is 1. The summed E-state index contributed by atoms with van der Waals surface area (Å²) in [6.07, 6.45) is 1.86. The maximum Gasteiger partial charge on any atom is 0.251 e. The predicted octanol–water partition coefficient (Wildman–Crippen LogP) is 3.25. The maximum atomic E-state index is 12.6.